The van der Waals surface area contributed by atoms with Crippen LogP contribution in [0.1, 0.15) is 29.5 Å². The van der Waals surface area contributed by atoms with Crippen molar-refractivity contribution in [2.75, 3.05) is 12.8 Å². The highest BCUT2D eigenvalue weighted by Gasteiger charge is 2.10. The van der Waals surface area contributed by atoms with E-state index in [2.05, 4.69) is 24.0 Å². The number of aryl methyl sites for hydroxylation is 4. The van der Waals surface area contributed by atoms with E-state index in [1.54, 1.807) is 7.11 Å². The molecule has 0 unspecified atom stereocenters. The van der Waals surface area contributed by atoms with E-state index in [0.29, 0.717) is 0 Å². The fraction of sp³-hybridized carbons (Fsp3) is 0.400. The average Bonchev–Trinajstić information content (AvgIpc) is 2.74. The van der Waals surface area contributed by atoms with Crippen molar-refractivity contribution in [2.24, 2.45) is 0 Å². The lowest BCUT2D eigenvalue weighted by molar-refractivity contribution is 0.408. The summed E-state index contributed by atoms with van der Waals surface area (Å²) in [6.07, 6.45) is 2.65. The van der Waals surface area contributed by atoms with Gasteiger partial charge in [0, 0.05) is 6.42 Å². The number of anilines is 1. The number of nitrogens with zero attached hydrogens (tertiary/aromatic N) is 1. The maximum atomic E-state index is 5.55. The summed E-state index contributed by atoms with van der Waals surface area (Å²) in [5, 5.41) is 0. The molecule has 1 aromatic carbocycles. The first kappa shape index (κ1) is 13.5. The molecule has 4 nitrogen and oxygen atoms in total. The summed E-state index contributed by atoms with van der Waals surface area (Å²) in [6.45, 7) is 4.06. The minimum atomic E-state index is 0.238. The number of methoxy groups -OCH3 is 1. The highest BCUT2D eigenvalue weighted by Crippen LogP contribution is 2.23. The molecule has 0 radical (unpaired) electrons. The lowest BCUT2D eigenvalue weighted by atomic mass is 10.0. The molecule has 4 heteroatoms. The molecule has 0 bridgehead atoms. The third-order valence-electron chi connectivity index (χ3n) is 3.28. The van der Waals surface area contributed by atoms with Gasteiger partial charge >= 0.3 is 0 Å². The van der Waals surface area contributed by atoms with Crippen LogP contribution in [0.4, 0.5) is 6.01 Å². The summed E-state index contributed by atoms with van der Waals surface area (Å²) in [4.78, 5) is 4.08. The zero-order valence-electron chi connectivity index (χ0n) is 11.7. The second-order valence-corrected chi connectivity index (χ2v) is 4.56. The summed E-state index contributed by atoms with van der Waals surface area (Å²) in [5.41, 5.74) is 8.91. The SMILES string of the molecule is CCc1ccc(OC)c(CCc2oc(N)nc2C)c1. The molecular weight excluding hydrogens is 240 g/mol. The smallest absolute Gasteiger partial charge is 0.292 e. The number of hydrogen-bond donors (Lipinski definition) is 1. The number of rotatable bonds is 5. The van der Waals surface area contributed by atoms with Crippen LogP contribution in [0.2, 0.25) is 0 Å². The summed E-state index contributed by atoms with van der Waals surface area (Å²) in [7, 11) is 1.70. The number of ether oxygens (including phenoxy) is 1. The summed E-state index contributed by atoms with van der Waals surface area (Å²) >= 11 is 0. The van der Waals surface area contributed by atoms with Crippen LogP contribution in [0.5, 0.6) is 5.75 Å². The highest BCUT2D eigenvalue weighted by atomic mass is 16.5. The number of benzene rings is 1. The van der Waals surface area contributed by atoms with Crippen molar-refractivity contribution in [3.63, 3.8) is 0 Å². The van der Waals surface area contributed by atoms with E-state index in [-0.39, 0.29) is 6.01 Å². The standard InChI is InChI=1S/C15H20N2O2/c1-4-11-5-7-14(18-3)12(9-11)6-8-13-10(2)17-15(16)19-13/h5,7,9H,4,6,8H2,1-3H3,(H2,16,17). The number of nitrogens with two attached hydrogens (primary N) is 1. The van der Waals surface area contributed by atoms with Gasteiger partial charge < -0.3 is 14.9 Å². The number of nitrogen functional groups attached to an aromatic ring is 1. The highest BCUT2D eigenvalue weighted by molar-refractivity contribution is 5.38. The topological polar surface area (TPSA) is 61.3 Å². The Kier molecular flexibility index (Phi) is 4.10. The minimum absolute atomic E-state index is 0.238. The number of aromatic nitrogens is 1. The molecule has 0 aliphatic rings. The van der Waals surface area contributed by atoms with Crippen LogP contribution in [-0.4, -0.2) is 12.1 Å². The Morgan fingerprint density at radius 3 is 2.68 bits per heavy atom. The first-order valence-corrected chi connectivity index (χ1v) is 6.51. The Labute approximate surface area is 113 Å². The molecule has 0 aliphatic heterocycles. The molecule has 1 aromatic heterocycles. The molecule has 0 aliphatic carbocycles. The Balaban J connectivity index is 2.16. The van der Waals surface area contributed by atoms with Gasteiger partial charge in [-0.25, -0.2) is 0 Å². The molecule has 0 fully saturated rings. The van der Waals surface area contributed by atoms with Crippen LogP contribution in [0, 0.1) is 6.92 Å². The van der Waals surface area contributed by atoms with Gasteiger partial charge in [0.25, 0.3) is 6.01 Å². The van der Waals surface area contributed by atoms with E-state index in [9.17, 15) is 0 Å². The molecule has 0 amide bonds. The predicted molar refractivity (Wildman–Crippen MR) is 75.4 cm³/mol. The van der Waals surface area contributed by atoms with Gasteiger partial charge in [0.2, 0.25) is 0 Å². The molecule has 2 N–H and O–H groups in total. The minimum Gasteiger partial charge on any atom is -0.496 e. The maximum Gasteiger partial charge on any atom is 0.292 e. The van der Waals surface area contributed by atoms with Gasteiger partial charge in [-0.05, 0) is 37.0 Å². The second kappa shape index (κ2) is 5.78. The van der Waals surface area contributed by atoms with Gasteiger partial charge in [-0.2, -0.15) is 4.98 Å². The Hall–Kier alpha value is -1.97. The van der Waals surface area contributed by atoms with Crippen LogP contribution in [0.25, 0.3) is 0 Å². The van der Waals surface area contributed by atoms with E-state index in [0.717, 1.165) is 36.5 Å². The molecule has 0 spiro atoms. The molecule has 102 valence electrons. The number of hydrogen-bond acceptors (Lipinski definition) is 4. The molecule has 0 saturated carbocycles. The third kappa shape index (κ3) is 3.08. The Morgan fingerprint density at radius 2 is 2.11 bits per heavy atom. The molecular formula is C15H20N2O2. The quantitative estimate of drug-likeness (QED) is 0.898. The predicted octanol–water partition coefficient (Wildman–Crippen LogP) is 2.92. The molecule has 0 saturated heterocycles. The fourth-order valence-corrected chi connectivity index (χ4v) is 2.18. The second-order valence-electron chi connectivity index (χ2n) is 4.56. The zero-order chi connectivity index (χ0) is 13.8. The lowest BCUT2D eigenvalue weighted by Gasteiger charge is -2.09. The van der Waals surface area contributed by atoms with Gasteiger partial charge in [0.05, 0.1) is 12.8 Å². The van der Waals surface area contributed by atoms with Crippen LogP contribution in [0.15, 0.2) is 22.6 Å². The molecule has 2 rings (SSSR count). The van der Waals surface area contributed by atoms with Crippen molar-refractivity contribution < 1.29 is 9.15 Å². The van der Waals surface area contributed by atoms with E-state index < -0.39 is 0 Å². The van der Waals surface area contributed by atoms with Gasteiger partial charge in [-0.1, -0.05) is 19.1 Å². The van der Waals surface area contributed by atoms with Crippen LogP contribution < -0.4 is 10.5 Å². The van der Waals surface area contributed by atoms with Gasteiger partial charge in [-0.15, -0.1) is 0 Å². The van der Waals surface area contributed by atoms with E-state index in [1.165, 1.54) is 11.1 Å². The Morgan fingerprint density at radius 1 is 1.32 bits per heavy atom. The van der Waals surface area contributed by atoms with Gasteiger partial charge in [0.1, 0.15) is 11.5 Å². The molecule has 1 heterocycles. The normalized spacial score (nSPS) is 10.7. The van der Waals surface area contributed by atoms with E-state index >= 15 is 0 Å². The van der Waals surface area contributed by atoms with Gasteiger partial charge in [0.15, 0.2) is 0 Å². The Bertz CT molecular complexity index is 561. The zero-order valence-corrected chi connectivity index (χ0v) is 11.7. The van der Waals surface area contributed by atoms with Crippen molar-refractivity contribution in [3.8, 4) is 5.75 Å². The molecule has 0 atom stereocenters. The number of oxazole rings is 1. The average molecular weight is 260 g/mol. The fourth-order valence-electron chi connectivity index (χ4n) is 2.18. The third-order valence-corrected chi connectivity index (χ3v) is 3.28. The summed E-state index contributed by atoms with van der Waals surface area (Å²) in [5.74, 6) is 1.77. The van der Waals surface area contributed by atoms with E-state index in [1.807, 2.05) is 13.0 Å². The van der Waals surface area contributed by atoms with Crippen LogP contribution in [0.3, 0.4) is 0 Å². The van der Waals surface area contributed by atoms with Crippen LogP contribution >= 0.6 is 0 Å². The summed E-state index contributed by atoms with van der Waals surface area (Å²) in [6, 6.07) is 6.55. The van der Waals surface area contributed by atoms with Crippen molar-refractivity contribution in [1.29, 1.82) is 0 Å². The van der Waals surface area contributed by atoms with Crippen LogP contribution in [-0.2, 0) is 19.3 Å². The monoisotopic (exact) mass is 260 g/mol. The first-order valence-electron chi connectivity index (χ1n) is 6.51. The van der Waals surface area contributed by atoms with Crippen molar-refractivity contribution >= 4 is 6.01 Å². The van der Waals surface area contributed by atoms with Gasteiger partial charge in [-0.3, -0.25) is 0 Å². The first-order chi connectivity index (χ1) is 9.13. The largest absolute Gasteiger partial charge is 0.496 e. The van der Waals surface area contributed by atoms with Crippen molar-refractivity contribution in [3.05, 3.63) is 40.8 Å². The lowest BCUT2D eigenvalue weighted by Crippen LogP contribution is -1.97. The maximum absolute atomic E-state index is 5.55. The molecule has 19 heavy (non-hydrogen) atoms. The van der Waals surface area contributed by atoms with Crippen molar-refractivity contribution in [2.45, 2.75) is 33.1 Å². The van der Waals surface area contributed by atoms with Crippen molar-refractivity contribution in [1.82, 2.24) is 4.98 Å². The molecule has 2 aromatic rings. The summed E-state index contributed by atoms with van der Waals surface area (Å²) < 4.78 is 10.8. The van der Waals surface area contributed by atoms with E-state index in [4.69, 9.17) is 14.9 Å².